The minimum atomic E-state index is -2.40. The number of hydrogen-bond donors (Lipinski definition) is 1. The van der Waals surface area contributed by atoms with Crippen LogP contribution in [0.1, 0.15) is 39.5 Å². The van der Waals surface area contributed by atoms with Crippen molar-refractivity contribution in [3.8, 4) is 0 Å². The molecule has 17 heavy (non-hydrogen) atoms. The Morgan fingerprint density at radius 2 is 2.06 bits per heavy atom. The zero-order valence-corrected chi connectivity index (χ0v) is 12.2. The van der Waals surface area contributed by atoms with E-state index in [2.05, 4.69) is 10.3 Å². The molecule has 2 atom stereocenters. The SMILES string of the molecule is CCOP(=S)(NN=C1CC2CCC1C2)OCC. The molecule has 1 N–H and O–H groups in total. The van der Waals surface area contributed by atoms with Gasteiger partial charge in [-0.25, -0.2) is 5.20 Å². The lowest BCUT2D eigenvalue weighted by atomic mass is 9.99. The lowest BCUT2D eigenvalue weighted by Crippen LogP contribution is -2.16. The molecule has 0 aromatic rings. The van der Waals surface area contributed by atoms with E-state index in [1.54, 1.807) is 0 Å². The van der Waals surface area contributed by atoms with E-state index in [-0.39, 0.29) is 0 Å². The third kappa shape index (κ3) is 3.28. The van der Waals surface area contributed by atoms with Crippen LogP contribution in [0.4, 0.5) is 0 Å². The molecule has 0 radical (unpaired) electrons. The molecule has 2 fully saturated rings. The second-order valence-corrected chi connectivity index (χ2v) is 7.77. The summed E-state index contributed by atoms with van der Waals surface area (Å²) >= 11 is 5.37. The summed E-state index contributed by atoms with van der Waals surface area (Å²) in [5, 5.41) is 7.47. The molecule has 0 spiro atoms. The predicted molar refractivity (Wildman–Crippen MR) is 73.6 cm³/mol. The fraction of sp³-hybridized carbons (Fsp3) is 0.909. The van der Waals surface area contributed by atoms with Gasteiger partial charge in [-0.15, -0.1) is 0 Å². The summed E-state index contributed by atoms with van der Waals surface area (Å²) in [4.78, 5) is 0. The normalized spacial score (nSPS) is 30.1. The quantitative estimate of drug-likeness (QED) is 0.598. The third-order valence-electron chi connectivity index (χ3n) is 3.42. The molecule has 2 saturated carbocycles. The summed E-state index contributed by atoms with van der Waals surface area (Å²) in [6.07, 6.45) is 5.10. The molecular weight excluding hydrogens is 255 g/mol. The first-order valence-corrected chi connectivity index (χ1v) is 9.03. The van der Waals surface area contributed by atoms with Crippen molar-refractivity contribution >= 4 is 24.2 Å². The number of fused-ring (bicyclic) bond motifs is 2. The lowest BCUT2D eigenvalue weighted by Gasteiger charge is -2.21. The first-order valence-electron chi connectivity index (χ1n) is 6.39. The molecule has 0 amide bonds. The molecule has 6 heteroatoms. The van der Waals surface area contributed by atoms with Crippen molar-refractivity contribution in [2.75, 3.05) is 13.2 Å². The van der Waals surface area contributed by atoms with Crippen molar-refractivity contribution < 1.29 is 9.05 Å². The fourth-order valence-corrected chi connectivity index (χ4v) is 4.60. The second-order valence-electron chi connectivity index (χ2n) is 4.62. The Hall–Kier alpha value is 0.0400. The first kappa shape index (κ1) is 13.5. The van der Waals surface area contributed by atoms with Gasteiger partial charge in [0, 0.05) is 5.71 Å². The number of nitrogens with zero attached hydrogens (tertiary/aromatic N) is 1. The van der Waals surface area contributed by atoms with Crippen LogP contribution in [0.3, 0.4) is 0 Å². The monoisotopic (exact) mass is 276 g/mol. The van der Waals surface area contributed by atoms with E-state index in [4.69, 9.17) is 20.9 Å². The van der Waals surface area contributed by atoms with E-state index in [1.807, 2.05) is 13.8 Å². The maximum absolute atomic E-state index is 5.50. The van der Waals surface area contributed by atoms with Crippen LogP contribution < -0.4 is 5.20 Å². The Bertz CT molecular complexity index is 338. The molecule has 2 aliphatic rings. The van der Waals surface area contributed by atoms with Gasteiger partial charge in [0.2, 0.25) is 0 Å². The summed E-state index contributed by atoms with van der Waals surface area (Å²) in [5.74, 6) is 1.54. The summed E-state index contributed by atoms with van der Waals surface area (Å²) in [6.45, 7) is 2.56. The average molecular weight is 276 g/mol. The van der Waals surface area contributed by atoms with Crippen LogP contribution in [-0.4, -0.2) is 18.9 Å². The fourth-order valence-electron chi connectivity index (χ4n) is 2.72. The topological polar surface area (TPSA) is 42.8 Å². The lowest BCUT2D eigenvalue weighted by molar-refractivity contribution is 0.259. The van der Waals surface area contributed by atoms with E-state index in [1.165, 1.54) is 25.0 Å². The van der Waals surface area contributed by atoms with Crippen LogP contribution in [0.15, 0.2) is 5.10 Å². The van der Waals surface area contributed by atoms with Crippen LogP contribution in [0.2, 0.25) is 0 Å². The van der Waals surface area contributed by atoms with E-state index >= 15 is 0 Å². The summed E-state index contributed by atoms with van der Waals surface area (Å²) in [6, 6.07) is 0. The van der Waals surface area contributed by atoms with Crippen molar-refractivity contribution in [1.82, 2.24) is 5.20 Å². The molecule has 0 aromatic heterocycles. The van der Waals surface area contributed by atoms with Crippen LogP contribution in [-0.2, 0) is 20.9 Å². The highest BCUT2D eigenvalue weighted by Crippen LogP contribution is 2.46. The molecule has 0 aliphatic heterocycles. The van der Waals surface area contributed by atoms with Crippen LogP contribution in [0.25, 0.3) is 0 Å². The van der Waals surface area contributed by atoms with Gasteiger partial charge in [-0.05, 0) is 63.2 Å². The summed E-state index contributed by atoms with van der Waals surface area (Å²) in [7, 11) is 0. The van der Waals surface area contributed by atoms with Gasteiger partial charge in [0.25, 0.3) is 0 Å². The Kier molecular flexibility index (Phi) is 4.59. The maximum Gasteiger partial charge on any atom is 0.303 e. The molecule has 0 heterocycles. The van der Waals surface area contributed by atoms with Gasteiger partial charge < -0.3 is 9.05 Å². The van der Waals surface area contributed by atoms with E-state index in [0.29, 0.717) is 19.1 Å². The molecule has 0 saturated heterocycles. The van der Waals surface area contributed by atoms with Gasteiger partial charge in [-0.3, -0.25) is 0 Å². The number of hydrazone groups is 1. The molecule has 2 rings (SSSR count). The van der Waals surface area contributed by atoms with Gasteiger partial charge in [-0.2, -0.15) is 5.10 Å². The summed E-state index contributed by atoms with van der Waals surface area (Å²) < 4.78 is 11.0. The van der Waals surface area contributed by atoms with E-state index in [0.717, 1.165) is 12.3 Å². The Morgan fingerprint density at radius 1 is 1.35 bits per heavy atom. The van der Waals surface area contributed by atoms with Crippen LogP contribution in [0.5, 0.6) is 0 Å². The minimum Gasteiger partial charge on any atom is -0.313 e. The van der Waals surface area contributed by atoms with Crippen molar-refractivity contribution in [2.45, 2.75) is 39.5 Å². The average Bonchev–Trinajstić information content (AvgIpc) is 2.89. The van der Waals surface area contributed by atoms with Gasteiger partial charge >= 0.3 is 6.64 Å². The molecular formula is C11H21N2O2PS. The van der Waals surface area contributed by atoms with Gasteiger partial charge in [-0.1, -0.05) is 0 Å². The molecule has 2 bridgehead atoms. The Labute approximate surface area is 108 Å². The largest absolute Gasteiger partial charge is 0.313 e. The molecule has 0 aromatic carbocycles. The zero-order valence-electron chi connectivity index (χ0n) is 10.5. The molecule has 2 aliphatic carbocycles. The maximum atomic E-state index is 5.50. The molecule has 98 valence electrons. The highest BCUT2D eigenvalue weighted by Gasteiger charge is 2.37. The standard InChI is InChI=1S/C11H21N2O2PS/c1-3-14-16(17,15-4-2)13-12-11-8-9-5-6-10(11)7-9/h9-10H,3-8H2,1-2H3,(H,13,17). The van der Waals surface area contributed by atoms with E-state index < -0.39 is 6.64 Å². The molecule has 4 nitrogen and oxygen atoms in total. The predicted octanol–water partition coefficient (Wildman–Crippen LogP) is 3.05. The van der Waals surface area contributed by atoms with Crippen LogP contribution in [0, 0.1) is 11.8 Å². The first-order chi connectivity index (χ1) is 8.17. The summed E-state index contributed by atoms with van der Waals surface area (Å²) in [5.41, 5.74) is 1.27. The van der Waals surface area contributed by atoms with Crippen molar-refractivity contribution in [3.05, 3.63) is 0 Å². The Morgan fingerprint density at radius 3 is 2.53 bits per heavy atom. The molecule has 2 unspecified atom stereocenters. The number of rotatable bonds is 6. The minimum absolute atomic E-state index is 0.557. The van der Waals surface area contributed by atoms with Crippen molar-refractivity contribution in [1.29, 1.82) is 0 Å². The van der Waals surface area contributed by atoms with Crippen LogP contribution >= 0.6 is 6.64 Å². The second kappa shape index (κ2) is 5.79. The highest BCUT2D eigenvalue weighted by atomic mass is 32.5. The smallest absolute Gasteiger partial charge is 0.303 e. The van der Waals surface area contributed by atoms with Gasteiger partial charge in [0.05, 0.1) is 13.2 Å². The van der Waals surface area contributed by atoms with Crippen molar-refractivity contribution in [3.63, 3.8) is 0 Å². The van der Waals surface area contributed by atoms with Gasteiger partial charge in [0.1, 0.15) is 0 Å². The highest BCUT2D eigenvalue weighted by molar-refractivity contribution is 8.08. The third-order valence-corrected chi connectivity index (χ3v) is 5.84. The van der Waals surface area contributed by atoms with Crippen molar-refractivity contribution in [2.24, 2.45) is 16.9 Å². The zero-order chi connectivity index (χ0) is 12.3. The Balaban J connectivity index is 1.95. The number of nitrogens with one attached hydrogen (secondary N) is 1. The number of hydrogen-bond acceptors (Lipinski definition) is 4. The van der Waals surface area contributed by atoms with Gasteiger partial charge in [0.15, 0.2) is 0 Å². The van der Waals surface area contributed by atoms with E-state index in [9.17, 15) is 0 Å².